The van der Waals surface area contributed by atoms with E-state index in [9.17, 15) is 4.79 Å². The van der Waals surface area contributed by atoms with Crippen LogP contribution in [0.2, 0.25) is 0 Å². The summed E-state index contributed by atoms with van der Waals surface area (Å²) in [6.07, 6.45) is 1.47. The lowest BCUT2D eigenvalue weighted by Crippen LogP contribution is -2.36. The van der Waals surface area contributed by atoms with Gasteiger partial charge in [0.05, 0.1) is 5.69 Å². The van der Waals surface area contributed by atoms with Crippen molar-refractivity contribution >= 4 is 11.7 Å². The molecule has 8 heteroatoms. The predicted octanol–water partition coefficient (Wildman–Crippen LogP) is 1.29. The quantitative estimate of drug-likeness (QED) is 0.767. The summed E-state index contributed by atoms with van der Waals surface area (Å²) in [5.74, 6) is 1.31. The molecular weight excluding hydrogens is 320 g/mol. The highest BCUT2D eigenvalue weighted by Gasteiger charge is 2.22. The lowest BCUT2D eigenvalue weighted by molar-refractivity contribution is -0.129. The minimum absolute atomic E-state index is 0.0411. The fourth-order valence-corrected chi connectivity index (χ4v) is 2.75. The molecule has 0 aliphatic carbocycles. The topological polar surface area (TPSA) is 94.0 Å². The molecule has 1 unspecified atom stereocenters. The van der Waals surface area contributed by atoms with Crippen LogP contribution in [0, 0.1) is 20.8 Å². The molecule has 1 aliphatic rings. The van der Waals surface area contributed by atoms with Crippen molar-refractivity contribution in [1.29, 1.82) is 0 Å². The number of carbonyl (C=O) groups is 1. The van der Waals surface area contributed by atoms with Gasteiger partial charge in [-0.3, -0.25) is 4.79 Å². The van der Waals surface area contributed by atoms with E-state index in [1.807, 2.05) is 32.9 Å². The summed E-state index contributed by atoms with van der Waals surface area (Å²) in [6.45, 7) is 7.80. The number of rotatable bonds is 6. The van der Waals surface area contributed by atoms with Crippen molar-refractivity contribution in [3.05, 3.63) is 29.1 Å². The maximum atomic E-state index is 11.8. The van der Waals surface area contributed by atoms with E-state index in [1.165, 1.54) is 0 Å². The van der Waals surface area contributed by atoms with Crippen LogP contribution in [0.3, 0.4) is 0 Å². The molecule has 8 nitrogen and oxygen atoms in total. The van der Waals surface area contributed by atoms with Crippen LogP contribution in [0.5, 0.6) is 0 Å². The number of nitrogens with zero attached hydrogens (tertiary/aromatic N) is 4. The van der Waals surface area contributed by atoms with Crippen LogP contribution in [0.1, 0.15) is 29.8 Å². The average molecular weight is 344 g/mol. The van der Waals surface area contributed by atoms with E-state index in [1.54, 1.807) is 4.68 Å². The van der Waals surface area contributed by atoms with E-state index in [2.05, 4.69) is 25.9 Å². The maximum Gasteiger partial charge on any atom is 0.249 e. The average Bonchev–Trinajstić information content (AvgIpc) is 3.24. The molecule has 1 aliphatic heterocycles. The van der Waals surface area contributed by atoms with Crippen molar-refractivity contribution in [3.63, 3.8) is 0 Å². The van der Waals surface area contributed by atoms with Crippen molar-refractivity contribution in [2.24, 2.45) is 0 Å². The molecule has 2 aromatic rings. The summed E-state index contributed by atoms with van der Waals surface area (Å²) in [5, 5.41) is 18.9. The number of aromatic nitrogens is 4. The number of carbonyl (C=O) groups excluding carboxylic acids is 1. The smallest absolute Gasteiger partial charge is 0.249 e. The normalized spacial score (nSPS) is 16.8. The number of hydrogen-bond donors (Lipinski definition) is 2. The number of amides is 1. The molecule has 25 heavy (non-hydrogen) atoms. The van der Waals surface area contributed by atoms with Crippen LogP contribution >= 0.6 is 0 Å². The van der Waals surface area contributed by atoms with E-state index < -0.39 is 0 Å². The van der Waals surface area contributed by atoms with Gasteiger partial charge in [-0.05, 0) is 51.3 Å². The Hall–Kier alpha value is -2.48. The fraction of sp³-hybridized carbons (Fsp3) is 0.529. The number of anilines is 1. The van der Waals surface area contributed by atoms with Gasteiger partial charge in [-0.2, -0.15) is 5.10 Å². The predicted molar refractivity (Wildman–Crippen MR) is 93.8 cm³/mol. The summed E-state index contributed by atoms with van der Waals surface area (Å²) in [7, 11) is 0. The van der Waals surface area contributed by atoms with E-state index in [0.717, 1.165) is 29.8 Å². The third kappa shape index (κ3) is 3.96. The second-order valence-corrected chi connectivity index (χ2v) is 6.20. The van der Waals surface area contributed by atoms with Crippen LogP contribution in [-0.2, 0) is 9.53 Å². The molecule has 0 spiro atoms. The van der Waals surface area contributed by atoms with Crippen LogP contribution in [0.4, 0.5) is 5.82 Å². The second kappa shape index (κ2) is 7.60. The lowest BCUT2D eigenvalue weighted by atomic mass is 10.2. The third-order valence-electron chi connectivity index (χ3n) is 4.47. The monoisotopic (exact) mass is 344 g/mol. The lowest BCUT2D eigenvalue weighted by Gasteiger charge is -2.11. The Morgan fingerprint density at radius 2 is 2.12 bits per heavy atom. The third-order valence-corrected chi connectivity index (χ3v) is 4.47. The summed E-state index contributed by atoms with van der Waals surface area (Å²) in [5.41, 5.74) is 3.21. The first-order valence-corrected chi connectivity index (χ1v) is 8.56. The van der Waals surface area contributed by atoms with Crippen molar-refractivity contribution in [2.45, 2.75) is 39.7 Å². The molecule has 134 valence electrons. The highest BCUT2D eigenvalue weighted by atomic mass is 16.5. The Labute approximate surface area is 147 Å². The largest absolute Gasteiger partial charge is 0.368 e. The van der Waals surface area contributed by atoms with Gasteiger partial charge in [-0.1, -0.05) is 0 Å². The van der Waals surface area contributed by atoms with Gasteiger partial charge in [0, 0.05) is 25.4 Å². The van der Waals surface area contributed by atoms with Gasteiger partial charge in [0.2, 0.25) is 5.91 Å². The molecule has 0 bridgehead atoms. The molecule has 0 aromatic carbocycles. The minimum atomic E-state index is -0.289. The van der Waals surface area contributed by atoms with Gasteiger partial charge in [-0.25, -0.2) is 4.68 Å². The standard InChI is InChI=1S/C17H24N6O2/c1-11-12(2)22-23(13(11)3)16-7-6-15(20-21-16)18-8-9-19-17(24)14-5-4-10-25-14/h6-7,14H,4-5,8-10H2,1-3H3,(H,18,20)(H,19,24). The van der Waals surface area contributed by atoms with Crippen molar-refractivity contribution < 1.29 is 9.53 Å². The summed E-state index contributed by atoms with van der Waals surface area (Å²) in [4.78, 5) is 11.8. The first-order chi connectivity index (χ1) is 12.1. The highest BCUT2D eigenvalue weighted by Crippen LogP contribution is 2.15. The Morgan fingerprint density at radius 1 is 1.28 bits per heavy atom. The molecule has 2 aromatic heterocycles. The maximum absolute atomic E-state index is 11.8. The molecule has 1 saturated heterocycles. The molecule has 3 rings (SSSR count). The van der Waals surface area contributed by atoms with E-state index in [-0.39, 0.29) is 12.0 Å². The SMILES string of the molecule is Cc1nn(-c2ccc(NCCNC(=O)C3CCCO3)nn2)c(C)c1C. The molecule has 1 amide bonds. The molecule has 0 saturated carbocycles. The molecule has 1 fully saturated rings. The van der Waals surface area contributed by atoms with E-state index in [0.29, 0.717) is 31.3 Å². The van der Waals surface area contributed by atoms with Gasteiger partial charge in [-0.15, -0.1) is 10.2 Å². The van der Waals surface area contributed by atoms with Crippen molar-refractivity contribution in [1.82, 2.24) is 25.3 Å². The fourth-order valence-electron chi connectivity index (χ4n) is 2.75. The Balaban J connectivity index is 1.49. The Kier molecular flexibility index (Phi) is 5.28. The second-order valence-electron chi connectivity index (χ2n) is 6.20. The zero-order valence-electron chi connectivity index (χ0n) is 14.9. The first kappa shape index (κ1) is 17.3. The van der Waals surface area contributed by atoms with Crippen LogP contribution in [0.15, 0.2) is 12.1 Å². The molecule has 1 atom stereocenters. The van der Waals surface area contributed by atoms with Gasteiger partial charge in [0.25, 0.3) is 0 Å². The van der Waals surface area contributed by atoms with Gasteiger partial charge >= 0.3 is 0 Å². The summed E-state index contributed by atoms with van der Waals surface area (Å²) >= 11 is 0. The zero-order chi connectivity index (χ0) is 17.8. The Morgan fingerprint density at radius 3 is 2.72 bits per heavy atom. The van der Waals surface area contributed by atoms with Crippen molar-refractivity contribution in [3.8, 4) is 5.82 Å². The number of nitrogens with one attached hydrogen (secondary N) is 2. The summed E-state index contributed by atoms with van der Waals surface area (Å²) in [6, 6.07) is 3.73. The molecule has 0 radical (unpaired) electrons. The number of hydrogen-bond acceptors (Lipinski definition) is 6. The van der Waals surface area contributed by atoms with Crippen LogP contribution in [-0.4, -0.2) is 51.7 Å². The molecule has 2 N–H and O–H groups in total. The van der Waals surface area contributed by atoms with Gasteiger partial charge in [0.15, 0.2) is 5.82 Å². The van der Waals surface area contributed by atoms with E-state index in [4.69, 9.17) is 4.74 Å². The van der Waals surface area contributed by atoms with Gasteiger partial charge < -0.3 is 15.4 Å². The minimum Gasteiger partial charge on any atom is -0.368 e. The first-order valence-electron chi connectivity index (χ1n) is 8.56. The van der Waals surface area contributed by atoms with Crippen LogP contribution < -0.4 is 10.6 Å². The van der Waals surface area contributed by atoms with Crippen molar-refractivity contribution in [2.75, 3.05) is 25.0 Å². The molecular formula is C17H24N6O2. The van der Waals surface area contributed by atoms with Gasteiger partial charge in [0.1, 0.15) is 11.9 Å². The Bertz CT molecular complexity index is 734. The zero-order valence-corrected chi connectivity index (χ0v) is 14.9. The summed E-state index contributed by atoms with van der Waals surface area (Å²) < 4.78 is 7.14. The molecule has 3 heterocycles. The number of aryl methyl sites for hydroxylation is 1. The van der Waals surface area contributed by atoms with E-state index >= 15 is 0 Å². The number of ether oxygens (including phenoxy) is 1. The highest BCUT2D eigenvalue weighted by molar-refractivity contribution is 5.80. The van der Waals surface area contributed by atoms with Crippen LogP contribution in [0.25, 0.3) is 5.82 Å².